The number of nitrogens with one attached hydrogen (secondary N) is 2. The topological polar surface area (TPSA) is 41.1 Å². The van der Waals surface area contributed by atoms with Crippen molar-refractivity contribution in [1.82, 2.24) is 10.6 Å². The Labute approximate surface area is 152 Å². The first-order chi connectivity index (χ1) is 11.5. The molecule has 1 saturated heterocycles. The predicted molar refractivity (Wildman–Crippen MR) is 96.9 cm³/mol. The summed E-state index contributed by atoms with van der Waals surface area (Å²) in [5.41, 5.74) is 1.35. The summed E-state index contributed by atoms with van der Waals surface area (Å²) >= 11 is 0. The Morgan fingerprint density at radius 1 is 1.12 bits per heavy atom. The maximum absolute atomic E-state index is 14.4. The maximum Gasteiger partial charge on any atom is 0.254 e. The van der Waals surface area contributed by atoms with E-state index < -0.39 is 11.7 Å². The van der Waals surface area contributed by atoms with Crippen LogP contribution < -0.4 is 10.6 Å². The normalized spacial score (nSPS) is 19.8. The minimum Gasteiger partial charge on any atom is -0.349 e. The lowest BCUT2D eigenvalue weighted by atomic mass is 9.95. The fraction of sp³-hybridized carbons (Fsp3) is 0.316. The smallest absolute Gasteiger partial charge is 0.254 e. The summed E-state index contributed by atoms with van der Waals surface area (Å²) < 4.78 is 27.3. The van der Waals surface area contributed by atoms with Crippen LogP contribution in [0.3, 0.4) is 0 Å². The van der Waals surface area contributed by atoms with E-state index in [4.69, 9.17) is 0 Å². The van der Waals surface area contributed by atoms with E-state index in [0.717, 1.165) is 19.5 Å². The molecule has 0 saturated carbocycles. The van der Waals surface area contributed by atoms with Crippen LogP contribution in [0.25, 0.3) is 11.1 Å². The average Bonchev–Trinajstić information content (AvgIpc) is 2.57. The van der Waals surface area contributed by atoms with Gasteiger partial charge in [0.2, 0.25) is 0 Å². The second kappa shape index (κ2) is 8.41. The quantitative estimate of drug-likeness (QED) is 0.868. The van der Waals surface area contributed by atoms with Crippen molar-refractivity contribution in [3.8, 4) is 11.1 Å². The number of amides is 1. The van der Waals surface area contributed by atoms with E-state index in [0.29, 0.717) is 17.0 Å². The first kappa shape index (κ1) is 19.3. The molecule has 0 bridgehead atoms. The predicted octanol–water partition coefficient (Wildman–Crippen LogP) is 3.78. The number of piperidine rings is 1. The summed E-state index contributed by atoms with van der Waals surface area (Å²) in [6, 6.07) is 10.3. The minimum absolute atomic E-state index is 0. The van der Waals surface area contributed by atoms with E-state index in [1.54, 1.807) is 18.2 Å². The van der Waals surface area contributed by atoms with Gasteiger partial charge in [0, 0.05) is 6.04 Å². The molecule has 2 aromatic carbocycles. The van der Waals surface area contributed by atoms with Crippen molar-refractivity contribution in [3.05, 3.63) is 59.7 Å². The van der Waals surface area contributed by atoms with Gasteiger partial charge in [-0.25, -0.2) is 8.78 Å². The number of hydrogen-bond donors (Lipinski definition) is 2. The van der Waals surface area contributed by atoms with Crippen molar-refractivity contribution in [2.24, 2.45) is 5.92 Å². The molecule has 0 aromatic heterocycles. The van der Waals surface area contributed by atoms with Gasteiger partial charge in [0.05, 0.1) is 5.56 Å². The zero-order chi connectivity index (χ0) is 17.1. The molecule has 25 heavy (non-hydrogen) atoms. The molecule has 1 fully saturated rings. The van der Waals surface area contributed by atoms with E-state index in [-0.39, 0.29) is 29.8 Å². The Bertz CT molecular complexity index is 737. The van der Waals surface area contributed by atoms with Crippen LogP contribution in [0.5, 0.6) is 0 Å². The van der Waals surface area contributed by atoms with E-state index in [1.165, 1.54) is 24.3 Å². The van der Waals surface area contributed by atoms with Crippen molar-refractivity contribution >= 4 is 18.3 Å². The SMILES string of the molecule is CC1CNCCC1NC(=O)c1ccc(-c2ccc(F)cc2)cc1F.Cl. The molecule has 3 rings (SSSR count). The number of rotatable bonds is 3. The number of halogens is 3. The van der Waals surface area contributed by atoms with Crippen LogP contribution in [-0.2, 0) is 0 Å². The molecule has 0 radical (unpaired) electrons. The van der Waals surface area contributed by atoms with Crippen molar-refractivity contribution in [3.63, 3.8) is 0 Å². The molecule has 2 N–H and O–H groups in total. The number of benzene rings is 2. The zero-order valence-electron chi connectivity index (χ0n) is 13.9. The van der Waals surface area contributed by atoms with Gasteiger partial charge in [-0.3, -0.25) is 4.79 Å². The summed E-state index contributed by atoms with van der Waals surface area (Å²) in [6.45, 7) is 3.75. The van der Waals surface area contributed by atoms with E-state index in [1.807, 2.05) is 0 Å². The van der Waals surface area contributed by atoms with Crippen LogP contribution in [0.2, 0.25) is 0 Å². The Hall–Kier alpha value is -1.98. The summed E-state index contributed by atoms with van der Waals surface area (Å²) in [5, 5.41) is 6.19. The molecule has 0 aliphatic carbocycles. The Kier molecular flexibility index (Phi) is 6.51. The average molecular weight is 367 g/mol. The second-order valence-corrected chi connectivity index (χ2v) is 6.25. The molecular formula is C19H21ClF2N2O. The van der Waals surface area contributed by atoms with Crippen LogP contribution >= 0.6 is 12.4 Å². The molecule has 2 atom stereocenters. The van der Waals surface area contributed by atoms with Gasteiger partial charge in [-0.15, -0.1) is 12.4 Å². The van der Waals surface area contributed by atoms with Gasteiger partial charge in [0.1, 0.15) is 11.6 Å². The molecule has 1 aliphatic rings. The van der Waals surface area contributed by atoms with Gasteiger partial charge >= 0.3 is 0 Å². The molecule has 0 spiro atoms. The van der Waals surface area contributed by atoms with Gasteiger partial charge < -0.3 is 10.6 Å². The first-order valence-corrected chi connectivity index (χ1v) is 8.11. The van der Waals surface area contributed by atoms with Crippen molar-refractivity contribution in [2.75, 3.05) is 13.1 Å². The highest BCUT2D eigenvalue weighted by Gasteiger charge is 2.24. The largest absolute Gasteiger partial charge is 0.349 e. The van der Waals surface area contributed by atoms with E-state index in [2.05, 4.69) is 17.6 Å². The van der Waals surface area contributed by atoms with Crippen molar-refractivity contribution in [2.45, 2.75) is 19.4 Å². The zero-order valence-corrected chi connectivity index (χ0v) is 14.7. The van der Waals surface area contributed by atoms with E-state index in [9.17, 15) is 13.6 Å². The Morgan fingerprint density at radius 2 is 1.80 bits per heavy atom. The van der Waals surface area contributed by atoms with Crippen LogP contribution in [0.4, 0.5) is 8.78 Å². The van der Waals surface area contributed by atoms with Gasteiger partial charge in [-0.2, -0.15) is 0 Å². The third kappa shape index (κ3) is 4.55. The molecule has 134 valence electrons. The molecule has 2 aromatic rings. The van der Waals surface area contributed by atoms with Crippen molar-refractivity contribution in [1.29, 1.82) is 0 Å². The van der Waals surface area contributed by atoms with Crippen molar-refractivity contribution < 1.29 is 13.6 Å². The minimum atomic E-state index is -0.573. The molecule has 6 heteroatoms. The Morgan fingerprint density at radius 3 is 2.44 bits per heavy atom. The molecule has 2 unspecified atom stereocenters. The lowest BCUT2D eigenvalue weighted by Crippen LogP contribution is -2.48. The van der Waals surface area contributed by atoms with E-state index >= 15 is 0 Å². The lowest BCUT2D eigenvalue weighted by Gasteiger charge is -2.30. The number of hydrogen-bond acceptors (Lipinski definition) is 2. The monoisotopic (exact) mass is 366 g/mol. The first-order valence-electron chi connectivity index (χ1n) is 8.11. The molecule has 1 heterocycles. The fourth-order valence-electron chi connectivity index (χ4n) is 3.00. The summed E-state index contributed by atoms with van der Waals surface area (Å²) in [7, 11) is 0. The lowest BCUT2D eigenvalue weighted by molar-refractivity contribution is 0.0910. The molecular weight excluding hydrogens is 346 g/mol. The van der Waals surface area contributed by atoms with Crippen LogP contribution in [-0.4, -0.2) is 25.0 Å². The van der Waals surface area contributed by atoms with Crippen LogP contribution in [0.15, 0.2) is 42.5 Å². The maximum atomic E-state index is 14.4. The summed E-state index contributed by atoms with van der Waals surface area (Å²) in [6.07, 6.45) is 0.836. The Balaban J connectivity index is 0.00000225. The molecule has 3 nitrogen and oxygen atoms in total. The fourth-order valence-corrected chi connectivity index (χ4v) is 3.00. The highest BCUT2D eigenvalue weighted by atomic mass is 35.5. The van der Waals surface area contributed by atoms with Gasteiger partial charge in [-0.05, 0) is 60.8 Å². The molecule has 1 aliphatic heterocycles. The summed E-state index contributed by atoms with van der Waals surface area (Å²) in [4.78, 5) is 12.4. The van der Waals surface area contributed by atoms with Crippen LogP contribution in [0.1, 0.15) is 23.7 Å². The van der Waals surface area contributed by atoms with Gasteiger partial charge in [0.25, 0.3) is 5.91 Å². The van der Waals surface area contributed by atoms with Gasteiger partial charge in [-0.1, -0.05) is 25.1 Å². The second-order valence-electron chi connectivity index (χ2n) is 6.25. The third-order valence-electron chi connectivity index (χ3n) is 4.49. The number of carbonyl (C=O) groups excluding carboxylic acids is 1. The van der Waals surface area contributed by atoms with Crippen LogP contribution in [0, 0.1) is 17.6 Å². The third-order valence-corrected chi connectivity index (χ3v) is 4.49. The highest BCUT2D eigenvalue weighted by molar-refractivity contribution is 5.95. The van der Waals surface area contributed by atoms with Gasteiger partial charge in [0.15, 0.2) is 0 Å². The number of carbonyl (C=O) groups is 1. The summed E-state index contributed by atoms with van der Waals surface area (Å²) in [5.74, 6) is -0.997. The molecule has 1 amide bonds. The standard InChI is InChI=1S/C19H20F2N2O.ClH/c1-12-11-22-9-8-18(12)23-19(24)16-7-4-14(10-17(16)21)13-2-5-15(20)6-3-13;/h2-7,10,12,18,22H,8-9,11H2,1H3,(H,23,24);1H. The highest BCUT2D eigenvalue weighted by Crippen LogP contribution is 2.23.